The first-order valence-corrected chi connectivity index (χ1v) is 10.6. The van der Waals surface area contributed by atoms with Crippen LogP contribution in [-0.4, -0.2) is 30.2 Å². The molecule has 0 saturated heterocycles. The summed E-state index contributed by atoms with van der Waals surface area (Å²) in [5.74, 6) is 2.18. The number of hydrogen-bond acceptors (Lipinski definition) is 6. The van der Waals surface area contributed by atoms with Crippen molar-refractivity contribution in [2.45, 2.75) is 12.7 Å². The Balaban J connectivity index is 1.37. The van der Waals surface area contributed by atoms with Gasteiger partial charge in [0.25, 0.3) is 0 Å². The monoisotopic (exact) mass is 498 g/mol. The fraction of sp³-hybridized carbons (Fsp3) is 0.160. The number of halogens is 3. The standard InChI is InChI=1S/C25H21F3N4O4/c1-34-21-11-18-19(12-22(21)35-2)29-10-9-20(18)36-17-6-4-16(5-7-17)32-24(33)31-14-15-3-8-23(30-13-15)25(26,27)28/h3-13H,14H2,1-2H3,(H2,31,32,33). The van der Waals surface area contributed by atoms with Gasteiger partial charge in [0.15, 0.2) is 11.5 Å². The molecular weight excluding hydrogens is 477 g/mol. The van der Waals surface area contributed by atoms with Crippen LogP contribution in [0.15, 0.2) is 67.0 Å². The number of rotatable bonds is 7. The zero-order valence-electron chi connectivity index (χ0n) is 19.2. The number of fused-ring (bicyclic) bond motifs is 1. The van der Waals surface area contributed by atoms with Crippen molar-refractivity contribution in [3.63, 3.8) is 0 Å². The molecule has 2 amide bonds. The number of amides is 2. The molecular formula is C25H21F3N4O4. The highest BCUT2D eigenvalue weighted by Gasteiger charge is 2.32. The molecule has 0 spiro atoms. The summed E-state index contributed by atoms with van der Waals surface area (Å²) in [4.78, 5) is 19.9. The molecule has 2 heterocycles. The topological polar surface area (TPSA) is 94.6 Å². The number of urea groups is 1. The van der Waals surface area contributed by atoms with E-state index in [1.165, 1.54) is 6.07 Å². The Morgan fingerprint density at radius 3 is 2.28 bits per heavy atom. The van der Waals surface area contributed by atoms with Crippen molar-refractivity contribution >= 4 is 22.6 Å². The number of ether oxygens (including phenoxy) is 3. The number of nitrogens with zero attached hydrogens (tertiary/aromatic N) is 2. The van der Waals surface area contributed by atoms with Crippen molar-refractivity contribution in [3.8, 4) is 23.0 Å². The Hall–Kier alpha value is -4.54. The molecule has 2 N–H and O–H groups in total. The zero-order chi connectivity index (χ0) is 25.7. The van der Waals surface area contributed by atoms with Crippen LogP contribution in [0.3, 0.4) is 0 Å². The predicted octanol–water partition coefficient (Wildman–Crippen LogP) is 5.78. The van der Waals surface area contributed by atoms with Gasteiger partial charge in [0, 0.05) is 36.1 Å². The summed E-state index contributed by atoms with van der Waals surface area (Å²) in [6, 6.07) is 13.5. The van der Waals surface area contributed by atoms with Gasteiger partial charge in [-0.05, 0) is 48.0 Å². The second-order valence-electron chi connectivity index (χ2n) is 7.52. The third-order valence-electron chi connectivity index (χ3n) is 5.12. The SMILES string of the molecule is COc1cc2nccc(Oc3ccc(NC(=O)NCc4ccc(C(F)(F)F)nc4)cc3)c2cc1OC. The maximum Gasteiger partial charge on any atom is 0.433 e. The van der Waals surface area contributed by atoms with E-state index in [1.54, 1.807) is 62.9 Å². The van der Waals surface area contributed by atoms with Crippen LogP contribution in [-0.2, 0) is 12.7 Å². The van der Waals surface area contributed by atoms with Gasteiger partial charge in [-0.25, -0.2) is 4.79 Å². The first-order valence-electron chi connectivity index (χ1n) is 10.6. The minimum atomic E-state index is -4.51. The molecule has 0 radical (unpaired) electrons. The van der Waals surface area contributed by atoms with Crippen molar-refractivity contribution < 1.29 is 32.2 Å². The minimum Gasteiger partial charge on any atom is -0.493 e. The number of benzene rings is 2. The van der Waals surface area contributed by atoms with E-state index in [4.69, 9.17) is 14.2 Å². The number of aromatic nitrogens is 2. The Bertz CT molecular complexity index is 1360. The molecule has 2 aromatic carbocycles. The van der Waals surface area contributed by atoms with Crippen molar-refractivity contribution in [1.82, 2.24) is 15.3 Å². The summed E-state index contributed by atoms with van der Waals surface area (Å²) in [5.41, 5.74) is 0.608. The molecule has 0 saturated carbocycles. The van der Waals surface area contributed by atoms with Gasteiger partial charge in [-0.2, -0.15) is 13.2 Å². The number of hydrogen-bond donors (Lipinski definition) is 2. The molecule has 0 bridgehead atoms. The fourth-order valence-corrected chi connectivity index (χ4v) is 3.32. The Kier molecular flexibility index (Phi) is 7.09. The Morgan fingerprint density at radius 2 is 1.64 bits per heavy atom. The second-order valence-corrected chi connectivity index (χ2v) is 7.52. The van der Waals surface area contributed by atoms with E-state index < -0.39 is 17.9 Å². The first kappa shape index (κ1) is 24.6. The molecule has 0 aliphatic rings. The van der Waals surface area contributed by atoms with E-state index in [1.807, 2.05) is 0 Å². The van der Waals surface area contributed by atoms with E-state index in [2.05, 4.69) is 20.6 Å². The average Bonchev–Trinajstić information content (AvgIpc) is 2.87. The highest BCUT2D eigenvalue weighted by Crippen LogP contribution is 2.37. The molecule has 11 heteroatoms. The van der Waals surface area contributed by atoms with E-state index in [0.29, 0.717) is 39.8 Å². The summed E-state index contributed by atoms with van der Waals surface area (Å²) in [5, 5.41) is 5.95. The van der Waals surface area contributed by atoms with Crippen molar-refractivity contribution in [1.29, 1.82) is 0 Å². The highest BCUT2D eigenvalue weighted by atomic mass is 19.4. The maximum atomic E-state index is 12.6. The van der Waals surface area contributed by atoms with Crippen molar-refractivity contribution in [2.24, 2.45) is 0 Å². The molecule has 0 aliphatic carbocycles. The third-order valence-corrected chi connectivity index (χ3v) is 5.12. The summed E-state index contributed by atoms with van der Waals surface area (Å²) >= 11 is 0. The lowest BCUT2D eigenvalue weighted by Gasteiger charge is -2.13. The lowest BCUT2D eigenvalue weighted by atomic mass is 10.2. The minimum absolute atomic E-state index is 0.0154. The van der Waals surface area contributed by atoms with Gasteiger partial charge >= 0.3 is 12.2 Å². The van der Waals surface area contributed by atoms with Gasteiger partial charge in [0.05, 0.1) is 19.7 Å². The molecule has 8 nitrogen and oxygen atoms in total. The summed E-state index contributed by atoms with van der Waals surface area (Å²) in [7, 11) is 3.09. The quantitative estimate of drug-likeness (QED) is 0.336. The summed E-state index contributed by atoms with van der Waals surface area (Å²) < 4.78 is 54.5. The molecule has 0 aliphatic heterocycles. The van der Waals surface area contributed by atoms with Crippen molar-refractivity contribution in [2.75, 3.05) is 19.5 Å². The molecule has 2 aromatic heterocycles. The number of nitrogens with one attached hydrogen (secondary N) is 2. The molecule has 4 aromatic rings. The number of anilines is 1. The van der Waals surface area contributed by atoms with Crippen LogP contribution in [0.1, 0.15) is 11.3 Å². The van der Waals surface area contributed by atoms with Crippen LogP contribution >= 0.6 is 0 Å². The summed E-state index contributed by atoms with van der Waals surface area (Å²) in [6.45, 7) is 0.0154. The number of pyridine rings is 2. The van der Waals surface area contributed by atoms with Gasteiger partial charge in [-0.3, -0.25) is 9.97 Å². The number of carbonyl (C=O) groups is 1. The maximum absolute atomic E-state index is 12.6. The van der Waals surface area contributed by atoms with Gasteiger partial charge in [-0.1, -0.05) is 6.07 Å². The van der Waals surface area contributed by atoms with E-state index in [-0.39, 0.29) is 6.54 Å². The molecule has 0 unspecified atom stereocenters. The Labute approximate surface area is 204 Å². The van der Waals surface area contributed by atoms with Crippen LogP contribution in [0.4, 0.5) is 23.7 Å². The first-order chi connectivity index (χ1) is 17.3. The number of carbonyl (C=O) groups excluding carboxylic acids is 1. The molecule has 36 heavy (non-hydrogen) atoms. The van der Waals surface area contributed by atoms with E-state index in [0.717, 1.165) is 17.6 Å². The molecule has 0 fully saturated rings. The van der Waals surface area contributed by atoms with Crippen molar-refractivity contribution in [3.05, 3.63) is 78.2 Å². The Morgan fingerprint density at radius 1 is 0.917 bits per heavy atom. The number of methoxy groups -OCH3 is 2. The lowest BCUT2D eigenvalue weighted by molar-refractivity contribution is -0.141. The van der Waals surface area contributed by atoms with E-state index >= 15 is 0 Å². The smallest absolute Gasteiger partial charge is 0.433 e. The second kappa shape index (κ2) is 10.4. The third kappa shape index (κ3) is 5.74. The lowest BCUT2D eigenvalue weighted by Crippen LogP contribution is -2.28. The predicted molar refractivity (Wildman–Crippen MR) is 126 cm³/mol. The van der Waals surface area contributed by atoms with Crippen LogP contribution in [0.2, 0.25) is 0 Å². The van der Waals surface area contributed by atoms with Crippen LogP contribution < -0.4 is 24.8 Å². The van der Waals surface area contributed by atoms with Gasteiger partial charge in [-0.15, -0.1) is 0 Å². The zero-order valence-corrected chi connectivity index (χ0v) is 19.2. The number of alkyl halides is 3. The van der Waals surface area contributed by atoms with Gasteiger partial charge < -0.3 is 24.8 Å². The average molecular weight is 498 g/mol. The van der Waals surface area contributed by atoms with Crippen LogP contribution in [0.25, 0.3) is 10.9 Å². The fourth-order valence-electron chi connectivity index (χ4n) is 3.32. The summed E-state index contributed by atoms with van der Waals surface area (Å²) in [6.07, 6.45) is -1.82. The highest BCUT2D eigenvalue weighted by molar-refractivity contribution is 5.89. The van der Waals surface area contributed by atoms with Crippen LogP contribution in [0.5, 0.6) is 23.0 Å². The van der Waals surface area contributed by atoms with Crippen LogP contribution in [0, 0.1) is 0 Å². The molecule has 4 rings (SSSR count). The normalized spacial score (nSPS) is 11.1. The van der Waals surface area contributed by atoms with E-state index in [9.17, 15) is 18.0 Å². The molecule has 0 atom stereocenters. The largest absolute Gasteiger partial charge is 0.493 e. The van der Waals surface area contributed by atoms with Gasteiger partial charge in [0.1, 0.15) is 17.2 Å². The molecule has 186 valence electrons. The van der Waals surface area contributed by atoms with Gasteiger partial charge in [0.2, 0.25) is 0 Å².